The Bertz CT molecular complexity index is 2190. The molecule has 1 aromatic carbocycles. The molecule has 1 amide bonds. The van der Waals surface area contributed by atoms with Crippen molar-refractivity contribution in [3.63, 3.8) is 0 Å². The van der Waals surface area contributed by atoms with Crippen LogP contribution in [0.25, 0.3) is 0 Å². The molecule has 1 aliphatic carbocycles. The third-order valence-electron chi connectivity index (χ3n) is 14.3. The van der Waals surface area contributed by atoms with Gasteiger partial charge in [0.15, 0.2) is 11.6 Å². The Morgan fingerprint density at radius 3 is 2.38 bits per heavy atom. The number of anilines is 1. The number of benzene rings is 1. The molecule has 4 aliphatic heterocycles. The largest absolute Gasteiger partial charge is 0.507 e. The third-order valence-corrected chi connectivity index (χ3v) is 14.3. The monoisotopic (exact) mass is 875 g/mol. The fourth-order valence-corrected chi connectivity index (χ4v) is 10.5. The summed E-state index contributed by atoms with van der Waals surface area (Å²) in [6, 6.07) is 8.89. The summed E-state index contributed by atoms with van der Waals surface area (Å²) in [5, 5.41) is 35.3. The molecule has 5 N–H and O–H groups in total. The number of carbonyl (C=O) groups excluding carboxylic acids is 2. The highest BCUT2D eigenvalue weighted by molar-refractivity contribution is 6.14. The number of para-hydroxylation sites is 1. The number of phenolic OH excluding ortho intramolecular Hbond substituents is 1. The van der Waals surface area contributed by atoms with Crippen molar-refractivity contribution in [2.45, 2.75) is 115 Å². The highest BCUT2D eigenvalue weighted by Crippen LogP contribution is 2.37. The van der Waals surface area contributed by atoms with Crippen LogP contribution < -0.4 is 10.6 Å². The summed E-state index contributed by atoms with van der Waals surface area (Å²) in [7, 11) is 0. The van der Waals surface area contributed by atoms with Crippen molar-refractivity contribution in [2.24, 2.45) is 23.5 Å². The number of piperidine rings is 3. The normalized spacial score (nSPS) is 23.7. The van der Waals surface area contributed by atoms with Gasteiger partial charge in [0.05, 0.1) is 41.3 Å². The van der Waals surface area contributed by atoms with E-state index in [1.165, 1.54) is 31.5 Å². The number of allylic oxidation sites excluding steroid dienone is 1. The fraction of sp³-hybridized carbons (Fsp3) is 0.592. The van der Waals surface area contributed by atoms with Gasteiger partial charge >= 0.3 is 0 Å². The number of carbonyl (C=O) groups is 2. The van der Waals surface area contributed by atoms with Crippen LogP contribution in [-0.4, -0.2) is 135 Å². The summed E-state index contributed by atoms with van der Waals surface area (Å²) in [5.41, 5.74) is 7.10. The van der Waals surface area contributed by atoms with E-state index in [0.717, 1.165) is 121 Å². The summed E-state index contributed by atoms with van der Waals surface area (Å²) < 4.78 is 14.4. The van der Waals surface area contributed by atoms with Gasteiger partial charge in [0, 0.05) is 69.7 Å². The molecular weight excluding hydrogens is 809 g/mol. The van der Waals surface area contributed by atoms with Gasteiger partial charge in [0.2, 0.25) is 5.91 Å². The summed E-state index contributed by atoms with van der Waals surface area (Å²) in [6.07, 6.45) is 17.1. The van der Waals surface area contributed by atoms with Gasteiger partial charge in [-0.15, -0.1) is 0 Å². The molecule has 6 heterocycles. The Morgan fingerprint density at radius 1 is 0.969 bits per heavy atom. The van der Waals surface area contributed by atoms with Crippen LogP contribution in [-0.2, 0) is 20.9 Å². The van der Waals surface area contributed by atoms with Gasteiger partial charge in [-0.3, -0.25) is 14.9 Å². The molecule has 8 rings (SSSR count). The number of amides is 1. The molecule has 0 bridgehead atoms. The minimum absolute atomic E-state index is 0.00792. The molecule has 0 radical (unpaired) electrons. The van der Waals surface area contributed by atoms with E-state index in [9.17, 15) is 14.7 Å². The van der Waals surface area contributed by atoms with Crippen molar-refractivity contribution < 1.29 is 24.0 Å². The maximum Gasteiger partial charge on any atom is 0.234 e. The number of amidine groups is 1. The number of nitrogens with one attached hydrogen (secondary N) is 2. The average Bonchev–Trinajstić information content (AvgIpc) is 4.07. The summed E-state index contributed by atoms with van der Waals surface area (Å²) in [4.78, 5) is 34.4. The second kappa shape index (κ2) is 20.7. The Hall–Kier alpha value is -5.30. The molecule has 64 heavy (non-hydrogen) atoms. The van der Waals surface area contributed by atoms with E-state index in [1.807, 2.05) is 30.8 Å². The minimum Gasteiger partial charge on any atom is -0.507 e. The first kappa shape index (κ1) is 45.3. The predicted octanol–water partition coefficient (Wildman–Crippen LogP) is 5.43. The number of nitrogens with zero attached hydrogens (tertiary/aromatic N) is 7. The minimum atomic E-state index is -0.448. The van der Waals surface area contributed by atoms with Gasteiger partial charge in [0.1, 0.15) is 23.8 Å². The maximum atomic E-state index is 13.5. The second-order valence-electron chi connectivity index (χ2n) is 19.1. The number of rotatable bonds is 15. The van der Waals surface area contributed by atoms with Crippen LogP contribution in [0.15, 0.2) is 58.9 Å². The molecule has 5 aliphatic rings. The van der Waals surface area contributed by atoms with Crippen molar-refractivity contribution in [1.82, 2.24) is 29.6 Å². The van der Waals surface area contributed by atoms with Gasteiger partial charge in [0.25, 0.3) is 0 Å². The van der Waals surface area contributed by atoms with Crippen molar-refractivity contribution in [2.75, 3.05) is 57.3 Å². The number of phenols is 1. The smallest absolute Gasteiger partial charge is 0.234 e. The SMILES string of the molecule is CC(C)C(C(=O)N1CCCC1C=O)c1cc(N2CCC(OC3CCN(CC4CC(N5CCC(Cn6cc(C#C/C(=C/C(=N)c7ccccc7O)C(=N)N)cn6)CC5)C4)CC3)CC2)no1. The molecule has 15 heteroatoms. The standard InChI is InChI=1S/C49H66N10O5/c1-33(2)47(49(62)59-17-5-6-38(59)32-60)45-27-46(54-64-45)57-22-15-41(16-23-57)63-40-13-18-55(19-14-40)29-36-24-39(25-36)56-20-11-34(12-21-56)30-58-31-35(28-53-58)9-10-37(48(51)52)26-43(50)42-7-3-4-8-44(42)61/h3-4,7-8,26-28,31-34,36,38-41,47,50,61H,5-6,11-25,29-30H2,1-2H3,(H3,51,52)/b37-26-,50-43?. The lowest BCUT2D eigenvalue weighted by atomic mass is 9.77. The molecule has 2 atom stereocenters. The molecular formula is C49H66N10O5. The zero-order chi connectivity index (χ0) is 44.7. The Labute approximate surface area is 377 Å². The molecule has 15 nitrogen and oxygen atoms in total. The van der Waals surface area contributed by atoms with Gasteiger partial charge in [-0.25, -0.2) is 0 Å². The van der Waals surface area contributed by atoms with Crippen molar-refractivity contribution in [3.05, 3.63) is 71.3 Å². The maximum absolute atomic E-state index is 13.5. The molecule has 342 valence electrons. The number of aldehydes is 1. The van der Waals surface area contributed by atoms with Gasteiger partial charge < -0.3 is 49.9 Å². The van der Waals surface area contributed by atoms with Crippen LogP contribution in [0.2, 0.25) is 0 Å². The van der Waals surface area contributed by atoms with E-state index < -0.39 is 5.92 Å². The first-order chi connectivity index (χ1) is 31.0. The number of hydrogen-bond acceptors (Lipinski definition) is 12. The fourth-order valence-electron chi connectivity index (χ4n) is 10.5. The lowest BCUT2D eigenvalue weighted by Crippen LogP contribution is -2.51. The lowest BCUT2D eigenvalue weighted by Gasteiger charge is -2.47. The van der Waals surface area contributed by atoms with Crippen LogP contribution in [0.3, 0.4) is 0 Å². The molecule has 1 saturated carbocycles. The third kappa shape index (κ3) is 11.0. The van der Waals surface area contributed by atoms with Crippen LogP contribution in [0, 0.1) is 40.4 Å². The van der Waals surface area contributed by atoms with E-state index in [-0.39, 0.29) is 46.8 Å². The number of likely N-dealkylation sites (tertiary alicyclic amines) is 3. The average molecular weight is 875 g/mol. The number of hydrogen-bond donors (Lipinski definition) is 4. The topological polar surface area (TPSA) is 194 Å². The first-order valence-corrected chi connectivity index (χ1v) is 23.6. The molecule has 4 saturated heterocycles. The molecule has 5 fully saturated rings. The van der Waals surface area contributed by atoms with Crippen molar-refractivity contribution >= 4 is 29.6 Å². The Kier molecular flexibility index (Phi) is 14.6. The zero-order valence-corrected chi connectivity index (χ0v) is 37.5. The predicted molar refractivity (Wildman–Crippen MR) is 246 cm³/mol. The second-order valence-corrected chi connectivity index (χ2v) is 19.1. The van der Waals surface area contributed by atoms with Gasteiger partial charge in [-0.05, 0) is 113 Å². The van der Waals surface area contributed by atoms with Crippen LogP contribution in [0.4, 0.5) is 5.82 Å². The molecule has 2 aromatic heterocycles. The quantitative estimate of drug-likeness (QED) is 0.0659. The summed E-state index contributed by atoms with van der Waals surface area (Å²) in [5.74, 6) is 7.98. The number of ether oxygens (including phenoxy) is 1. The molecule has 2 unspecified atom stereocenters. The van der Waals surface area contributed by atoms with Crippen molar-refractivity contribution in [3.8, 4) is 17.6 Å². The number of aromatic hydroxyl groups is 1. The first-order valence-electron chi connectivity index (χ1n) is 23.6. The van der Waals surface area contributed by atoms with Gasteiger partial charge in [-0.2, -0.15) is 5.10 Å². The summed E-state index contributed by atoms with van der Waals surface area (Å²) in [6.45, 7) is 12.9. The molecule has 3 aromatic rings. The Balaban J connectivity index is 0.701. The highest BCUT2D eigenvalue weighted by Gasteiger charge is 2.39. The van der Waals surface area contributed by atoms with E-state index >= 15 is 0 Å². The highest BCUT2D eigenvalue weighted by atomic mass is 16.5. The van der Waals surface area contributed by atoms with Crippen LogP contribution in [0.1, 0.15) is 101 Å². The van der Waals surface area contributed by atoms with Gasteiger partial charge in [-0.1, -0.05) is 43.0 Å². The lowest BCUT2D eigenvalue weighted by molar-refractivity contribution is -0.137. The molecule has 0 spiro atoms. The summed E-state index contributed by atoms with van der Waals surface area (Å²) >= 11 is 0. The van der Waals surface area contributed by atoms with E-state index in [2.05, 4.69) is 36.8 Å². The van der Waals surface area contributed by atoms with Crippen LogP contribution in [0.5, 0.6) is 5.75 Å². The van der Waals surface area contributed by atoms with E-state index in [4.69, 9.17) is 25.8 Å². The number of aromatic nitrogens is 3. The van der Waals surface area contributed by atoms with Crippen LogP contribution >= 0.6 is 0 Å². The Morgan fingerprint density at radius 2 is 1.69 bits per heavy atom. The van der Waals surface area contributed by atoms with E-state index in [0.29, 0.717) is 35.9 Å². The van der Waals surface area contributed by atoms with Crippen molar-refractivity contribution in [1.29, 1.82) is 10.8 Å². The zero-order valence-electron chi connectivity index (χ0n) is 37.5. The van der Waals surface area contributed by atoms with E-state index in [1.54, 1.807) is 29.3 Å². The number of nitrogens with two attached hydrogens (primary N) is 1.